The third-order valence-corrected chi connectivity index (χ3v) is 4.93. The van der Waals surface area contributed by atoms with Gasteiger partial charge in [0.1, 0.15) is 0 Å². The van der Waals surface area contributed by atoms with Crippen LogP contribution in [0.25, 0.3) is 0 Å². The molecule has 1 aliphatic rings. The van der Waals surface area contributed by atoms with Crippen molar-refractivity contribution >= 4 is 23.1 Å². The van der Waals surface area contributed by atoms with Crippen molar-refractivity contribution in [2.24, 2.45) is 7.05 Å². The van der Waals surface area contributed by atoms with E-state index in [9.17, 15) is 4.79 Å². The molecule has 1 atom stereocenters. The highest BCUT2D eigenvalue weighted by Crippen LogP contribution is 2.33. The van der Waals surface area contributed by atoms with Crippen LogP contribution in [-0.2, 0) is 7.05 Å². The summed E-state index contributed by atoms with van der Waals surface area (Å²) in [6.45, 7) is 6.92. The molecule has 1 aliphatic heterocycles. The minimum Gasteiger partial charge on any atom is -0.316 e. The van der Waals surface area contributed by atoms with E-state index in [1.54, 1.807) is 16.0 Å². The molecule has 124 valence electrons. The van der Waals surface area contributed by atoms with Crippen molar-refractivity contribution in [1.29, 1.82) is 0 Å². The SMILES string of the molecule is Cc1nc(C2CCCN2C(=O)Nc2cn(C)nc2C(C)C)cs1. The topological polar surface area (TPSA) is 63.1 Å². The van der Waals surface area contributed by atoms with Crippen LogP contribution in [0.5, 0.6) is 0 Å². The van der Waals surface area contributed by atoms with E-state index in [4.69, 9.17) is 0 Å². The number of carbonyl (C=O) groups excluding carboxylic acids is 1. The second-order valence-corrected chi connectivity index (χ2v) is 7.39. The van der Waals surface area contributed by atoms with Crippen LogP contribution < -0.4 is 5.32 Å². The number of aryl methyl sites for hydroxylation is 2. The van der Waals surface area contributed by atoms with Gasteiger partial charge >= 0.3 is 6.03 Å². The van der Waals surface area contributed by atoms with Crippen LogP contribution in [0.2, 0.25) is 0 Å². The van der Waals surface area contributed by atoms with Gasteiger partial charge in [-0.2, -0.15) is 5.10 Å². The van der Waals surface area contributed by atoms with Gasteiger partial charge in [-0.25, -0.2) is 9.78 Å². The highest BCUT2D eigenvalue weighted by atomic mass is 32.1. The number of amides is 2. The lowest BCUT2D eigenvalue weighted by Gasteiger charge is -2.23. The summed E-state index contributed by atoms with van der Waals surface area (Å²) in [5.74, 6) is 0.266. The molecule has 0 bridgehead atoms. The highest BCUT2D eigenvalue weighted by molar-refractivity contribution is 7.09. The van der Waals surface area contributed by atoms with Crippen molar-refractivity contribution in [3.8, 4) is 0 Å². The summed E-state index contributed by atoms with van der Waals surface area (Å²) in [7, 11) is 1.87. The summed E-state index contributed by atoms with van der Waals surface area (Å²) >= 11 is 1.64. The van der Waals surface area contributed by atoms with E-state index in [0.29, 0.717) is 0 Å². The first kappa shape index (κ1) is 16.0. The normalized spacial score (nSPS) is 18.0. The van der Waals surface area contributed by atoms with Crippen molar-refractivity contribution in [1.82, 2.24) is 19.7 Å². The van der Waals surface area contributed by atoms with Gasteiger partial charge in [0.15, 0.2) is 0 Å². The number of carbonyl (C=O) groups is 1. The van der Waals surface area contributed by atoms with Crippen LogP contribution in [0.4, 0.5) is 10.5 Å². The number of nitrogens with one attached hydrogen (secondary N) is 1. The summed E-state index contributed by atoms with van der Waals surface area (Å²) in [6.07, 6.45) is 3.85. The maximum absolute atomic E-state index is 12.7. The van der Waals surface area contributed by atoms with E-state index in [0.717, 1.165) is 41.5 Å². The number of anilines is 1. The highest BCUT2D eigenvalue weighted by Gasteiger charge is 2.32. The summed E-state index contributed by atoms with van der Waals surface area (Å²) in [6, 6.07) is 0.0205. The van der Waals surface area contributed by atoms with Crippen LogP contribution in [0, 0.1) is 6.92 Å². The Balaban J connectivity index is 1.77. The third-order valence-electron chi connectivity index (χ3n) is 4.14. The zero-order valence-electron chi connectivity index (χ0n) is 14.0. The van der Waals surface area contributed by atoms with Gasteiger partial charge in [-0.05, 0) is 25.7 Å². The van der Waals surface area contributed by atoms with Gasteiger partial charge in [-0.3, -0.25) is 4.68 Å². The first-order valence-electron chi connectivity index (χ1n) is 7.99. The molecular weight excluding hydrogens is 310 g/mol. The van der Waals surface area contributed by atoms with E-state index < -0.39 is 0 Å². The van der Waals surface area contributed by atoms with Gasteiger partial charge in [0.05, 0.1) is 28.1 Å². The molecule has 7 heteroatoms. The van der Waals surface area contributed by atoms with E-state index in [1.807, 2.05) is 25.1 Å². The molecule has 1 saturated heterocycles. The molecule has 1 N–H and O–H groups in total. The molecule has 23 heavy (non-hydrogen) atoms. The number of aromatic nitrogens is 3. The van der Waals surface area contributed by atoms with Gasteiger partial charge in [0.25, 0.3) is 0 Å². The minimum absolute atomic E-state index is 0.0620. The van der Waals surface area contributed by atoms with Gasteiger partial charge < -0.3 is 10.2 Å². The molecule has 3 heterocycles. The summed E-state index contributed by atoms with van der Waals surface area (Å²) in [5, 5.41) is 10.6. The fourth-order valence-corrected chi connectivity index (χ4v) is 3.73. The summed E-state index contributed by atoms with van der Waals surface area (Å²) in [4.78, 5) is 19.2. The van der Waals surface area contributed by atoms with E-state index in [1.165, 1.54) is 0 Å². The molecule has 1 fully saturated rings. The number of hydrogen-bond acceptors (Lipinski definition) is 4. The smallest absolute Gasteiger partial charge is 0.316 e. The van der Waals surface area contributed by atoms with Gasteiger partial charge in [0, 0.05) is 25.2 Å². The van der Waals surface area contributed by atoms with Crippen molar-refractivity contribution in [2.45, 2.75) is 45.6 Å². The molecule has 2 amide bonds. The quantitative estimate of drug-likeness (QED) is 0.932. The van der Waals surface area contributed by atoms with Crippen molar-refractivity contribution < 1.29 is 4.79 Å². The van der Waals surface area contributed by atoms with Crippen LogP contribution in [0.1, 0.15) is 55.0 Å². The lowest BCUT2D eigenvalue weighted by molar-refractivity contribution is 0.206. The number of urea groups is 1. The number of likely N-dealkylation sites (tertiary alicyclic amines) is 1. The second kappa shape index (κ2) is 6.31. The molecular formula is C16H23N5OS. The number of hydrogen-bond donors (Lipinski definition) is 1. The largest absolute Gasteiger partial charge is 0.322 e. The van der Waals surface area contributed by atoms with Crippen molar-refractivity contribution in [2.75, 3.05) is 11.9 Å². The van der Waals surface area contributed by atoms with Crippen LogP contribution in [0.15, 0.2) is 11.6 Å². The van der Waals surface area contributed by atoms with Gasteiger partial charge in [-0.1, -0.05) is 13.8 Å². The molecule has 6 nitrogen and oxygen atoms in total. The van der Waals surface area contributed by atoms with E-state index in [2.05, 4.69) is 34.6 Å². The van der Waals surface area contributed by atoms with Crippen LogP contribution in [0.3, 0.4) is 0 Å². The molecule has 2 aromatic heterocycles. The zero-order valence-corrected chi connectivity index (χ0v) is 14.9. The average molecular weight is 333 g/mol. The molecule has 0 aliphatic carbocycles. The monoisotopic (exact) mass is 333 g/mol. The fraction of sp³-hybridized carbons (Fsp3) is 0.562. The van der Waals surface area contributed by atoms with Crippen molar-refractivity contribution in [3.63, 3.8) is 0 Å². The Morgan fingerprint density at radius 2 is 2.26 bits per heavy atom. The Bertz CT molecular complexity index is 705. The lowest BCUT2D eigenvalue weighted by Crippen LogP contribution is -2.34. The molecule has 0 aromatic carbocycles. The number of rotatable bonds is 3. The molecule has 0 radical (unpaired) electrons. The summed E-state index contributed by atoms with van der Waals surface area (Å²) in [5.41, 5.74) is 2.73. The minimum atomic E-state index is -0.0620. The molecule has 0 spiro atoms. The maximum Gasteiger partial charge on any atom is 0.322 e. The first-order chi connectivity index (χ1) is 11.0. The van der Waals surface area contributed by atoms with Crippen LogP contribution in [-0.4, -0.2) is 32.2 Å². The predicted octanol–water partition coefficient (Wildman–Crippen LogP) is 3.68. The van der Waals surface area contributed by atoms with E-state index >= 15 is 0 Å². The maximum atomic E-state index is 12.7. The van der Waals surface area contributed by atoms with Gasteiger partial charge in [0.2, 0.25) is 0 Å². The fourth-order valence-electron chi connectivity index (χ4n) is 3.07. The van der Waals surface area contributed by atoms with E-state index in [-0.39, 0.29) is 18.0 Å². The first-order valence-corrected chi connectivity index (χ1v) is 8.87. The number of nitrogens with zero attached hydrogens (tertiary/aromatic N) is 4. The second-order valence-electron chi connectivity index (χ2n) is 6.33. The van der Waals surface area contributed by atoms with Crippen LogP contribution >= 0.6 is 11.3 Å². The molecule has 2 aromatic rings. The Kier molecular flexibility index (Phi) is 4.39. The lowest BCUT2D eigenvalue weighted by atomic mass is 10.1. The predicted molar refractivity (Wildman–Crippen MR) is 91.8 cm³/mol. The zero-order chi connectivity index (χ0) is 16.6. The molecule has 3 rings (SSSR count). The molecule has 0 saturated carbocycles. The van der Waals surface area contributed by atoms with Gasteiger partial charge in [-0.15, -0.1) is 11.3 Å². The average Bonchev–Trinajstić information content (AvgIpc) is 3.17. The third kappa shape index (κ3) is 3.24. The Hall–Kier alpha value is -1.89. The standard InChI is InChI=1S/C16H23N5OS/c1-10(2)15-12(8-20(4)19-15)18-16(22)21-7-5-6-14(21)13-9-23-11(3)17-13/h8-10,14H,5-7H2,1-4H3,(H,18,22). The summed E-state index contributed by atoms with van der Waals surface area (Å²) < 4.78 is 1.75. The Labute approximate surface area is 140 Å². The number of thiazole rings is 1. The van der Waals surface area contributed by atoms with Crippen molar-refractivity contribution in [3.05, 3.63) is 28.0 Å². The Morgan fingerprint density at radius 1 is 1.48 bits per heavy atom. The molecule has 1 unspecified atom stereocenters. The Morgan fingerprint density at radius 3 is 2.91 bits per heavy atom.